The SMILES string of the molecule is Cc1cc2nnnn2c2c(F)cccc12. The van der Waals surface area contributed by atoms with E-state index >= 15 is 0 Å². The van der Waals surface area contributed by atoms with Crippen LogP contribution in [0.2, 0.25) is 0 Å². The highest BCUT2D eigenvalue weighted by Gasteiger charge is 2.09. The van der Waals surface area contributed by atoms with Crippen LogP contribution in [0.4, 0.5) is 4.39 Å². The topological polar surface area (TPSA) is 43.1 Å². The Balaban J connectivity index is 2.69. The van der Waals surface area contributed by atoms with Crippen molar-refractivity contribution < 1.29 is 4.39 Å². The van der Waals surface area contributed by atoms with Crippen LogP contribution in [0.1, 0.15) is 5.56 Å². The molecule has 0 aliphatic rings. The van der Waals surface area contributed by atoms with Crippen LogP contribution in [-0.2, 0) is 0 Å². The van der Waals surface area contributed by atoms with Crippen LogP contribution in [0, 0.1) is 12.7 Å². The molecule has 1 aromatic carbocycles. The smallest absolute Gasteiger partial charge is 0.180 e. The monoisotopic (exact) mass is 202 g/mol. The number of benzene rings is 1. The number of hydrogen-bond donors (Lipinski definition) is 0. The lowest BCUT2D eigenvalue weighted by atomic mass is 10.1. The molecule has 0 atom stereocenters. The summed E-state index contributed by atoms with van der Waals surface area (Å²) in [4.78, 5) is 0. The third kappa shape index (κ3) is 1.03. The third-order valence-corrected chi connectivity index (χ3v) is 2.46. The van der Waals surface area contributed by atoms with Crippen molar-refractivity contribution in [2.45, 2.75) is 6.92 Å². The van der Waals surface area contributed by atoms with Gasteiger partial charge in [-0.2, -0.15) is 4.52 Å². The molecule has 0 radical (unpaired) electrons. The van der Waals surface area contributed by atoms with Gasteiger partial charge in [0.25, 0.3) is 0 Å². The molecule has 3 aromatic rings. The van der Waals surface area contributed by atoms with E-state index in [0.29, 0.717) is 11.2 Å². The molecule has 0 saturated heterocycles. The molecular formula is C10H7FN4. The summed E-state index contributed by atoms with van der Waals surface area (Å²) in [6, 6.07) is 6.78. The van der Waals surface area contributed by atoms with Crippen molar-refractivity contribution in [2.75, 3.05) is 0 Å². The van der Waals surface area contributed by atoms with Crippen LogP contribution in [-0.4, -0.2) is 20.0 Å². The third-order valence-electron chi connectivity index (χ3n) is 2.46. The van der Waals surface area contributed by atoms with E-state index in [-0.39, 0.29) is 5.82 Å². The van der Waals surface area contributed by atoms with Gasteiger partial charge in [0.15, 0.2) is 5.65 Å². The van der Waals surface area contributed by atoms with Crippen LogP contribution in [0.3, 0.4) is 0 Å². The van der Waals surface area contributed by atoms with Crippen molar-refractivity contribution >= 4 is 16.6 Å². The molecule has 2 heterocycles. The summed E-state index contributed by atoms with van der Waals surface area (Å²) in [6.07, 6.45) is 0. The molecule has 4 nitrogen and oxygen atoms in total. The van der Waals surface area contributed by atoms with Gasteiger partial charge in [0.1, 0.15) is 11.3 Å². The molecule has 0 unspecified atom stereocenters. The van der Waals surface area contributed by atoms with Gasteiger partial charge in [0.2, 0.25) is 0 Å². The minimum absolute atomic E-state index is 0.312. The molecule has 0 aliphatic heterocycles. The molecule has 0 spiro atoms. The average Bonchev–Trinajstić information content (AvgIpc) is 2.66. The first-order valence-corrected chi connectivity index (χ1v) is 4.53. The van der Waals surface area contributed by atoms with E-state index < -0.39 is 0 Å². The highest BCUT2D eigenvalue weighted by atomic mass is 19.1. The zero-order valence-electron chi connectivity index (χ0n) is 7.98. The lowest BCUT2D eigenvalue weighted by Crippen LogP contribution is -1.95. The fourth-order valence-corrected chi connectivity index (χ4v) is 1.76. The van der Waals surface area contributed by atoms with Gasteiger partial charge < -0.3 is 0 Å². The molecule has 0 N–H and O–H groups in total. The fraction of sp³-hybridized carbons (Fsp3) is 0.100. The molecule has 0 saturated carbocycles. The van der Waals surface area contributed by atoms with Gasteiger partial charge in [0.05, 0.1) is 0 Å². The van der Waals surface area contributed by atoms with E-state index in [2.05, 4.69) is 15.5 Å². The maximum absolute atomic E-state index is 13.7. The molecule has 3 rings (SSSR count). The Kier molecular flexibility index (Phi) is 1.50. The second-order valence-corrected chi connectivity index (χ2v) is 3.41. The van der Waals surface area contributed by atoms with Gasteiger partial charge >= 0.3 is 0 Å². The number of pyridine rings is 1. The van der Waals surface area contributed by atoms with Crippen molar-refractivity contribution in [1.82, 2.24) is 20.0 Å². The number of aryl methyl sites for hydroxylation is 1. The lowest BCUT2D eigenvalue weighted by Gasteiger charge is -2.03. The molecule has 0 bridgehead atoms. The highest BCUT2D eigenvalue weighted by molar-refractivity contribution is 5.85. The van der Waals surface area contributed by atoms with Crippen LogP contribution in [0.25, 0.3) is 16.6 Å². The molecule has 0 fully saturated rings. The zero-order valence-corrected chi connectivity index (χ0v) is 7.98. The maximum atomic E-state index is 13.7. The quantitative estimate of drug-likeness (QED) is 0.557. The number of rotatable bonds is 0. The number of halogens is 1. The largest absolute Gasteiger partial charge is 0.205 e. The maximum Gasteiger partial charge on any atom is 0.180 e. The summed E-state index contributed by atoms with van der Waals surface area (Å²) in [5.41, 5.74) is 1.95. The fourth-order valence-electron chi connectivity index (χ4n) is 1.76. The van der Waals surface area contributed by atoms with Crippen molar-refractivity contribution in [3.63, 3.8) is 0 Å². The van der Waals surface area contributed by atoms with Crippen molar-refractivity contribution in [3.8, 4) is 0 Å². The van der Waals surface area contributed by atoms with Gasteiger partial charge in [-0.3, -0.25) is 0 Å². The van der Waals surface area contributed by atoms with Crippen LogP contribution in [0.5, 0.6) is 0 Å². The standard InChI is InChI=1S/C10H7FN4/c1-6-5-9-12-13-14-15(9)10-7(6)3-2-4-8(10)11/h2-5H,1H3. The van der Waals surface area contributed by atoms with Gasteiger partial charge in [-0.15, -0.1) is 5.10 Å². The minimum Gasteiger partial charge on any atom is -0.205 e. The predicted molar refractivity (Wildman–Crippen MR) is 53.0 cm³/mol. The van der Waals surface area contributed by atoms with E-state index in [0.717, 1.165) is 10.9 Å². The number of fused-ring (bicyclic) bond motifs is 3. The molecular weight excluding hydrogens is 195 g/mol. The van der Waals surface area contributed by atoms with E-state index in [1.807, 2.05) is 19.1 Å². The average molecular weight is 202 g/mol. The first-order valence-electron chi connectivity index (χ1n) is 4.53. The highest BCUT2D eigenvalue weighted by Crippen LogP contribution is 2.21. The summed E-state index contributed by atoms with van der Waals surface area (Å²) in [7, 11) is 0. The Hall–Kier alpha value is -2.04. The van der Waals surface area contributed by atoms with Crippen LogP contribution >= 0.6 is 0 Å². The van der Waals surface area contributed by atoms with Crippen molar-refractivity contribution in [2.24, 2.45) is 0 Å². The van der Waals surface area contributed by atoms with E-state index in [1.165, 1.54) is 10.6 Å². The summed E-state index contributed by atoms with van der Waals surface area (Å²) in [5.74, 6) is -0.312. The lowest BCUT2D eigenvalue weighted by molar-refractivity contribution is 0.631. The van der Waals surface area contributed by atoms with Gasteiger partial charge in [-0.05, 0) is 35.0 Å². The number of nitrogens with zero attached hydrogens (tertiary/aromatic N) is 4. The Bertz CT molecular complexity index is 659. The first kappa shape index (κ1) is 8.28. The summed E-state index contributed by atoms with van der Waals surface area (Å²) in [5, 5.41) is 11.9. The summed E-state index contributed by atoms with van der Waals surface area (Å²) in [6.45, 7) is 1.91. The molecule has 74 valence electrons. The second-order valence-electron chi connectivity index (χ2n) is 3.41. The Morgan fingerprint density at radius 2 is 2.20 bits per heavy atom. The van der Waals surface area contributed by atoms with Crippen molar-refractivity contribution in [3.05, 3.63) is 35.6 Å². The van der Waals surface area contributed by atoms with Crippen LogP contribution < -0.4 is 0 Å². The van der Waals surface area contributed by atoms with Crippen molar-refractivity contribution in [1.29, 1.82) is 0 Å². The zero-order chi connectivity index (χ0) is 10.4. The second kappa shape index (κ2) is 2.73. The first-order chi connectivity index (χ1) is 7.27. The summed E-state index contributed by atoms with van der Waals surface area (Å²) >= 11 is 0. The van der Waals surface area contributed by atoms with E-state index in [9.17, 15) is 4.39 Å². The van der Waals surface area contributed by atoms with Gasteiger partial charge in [-0.1, -0.05) is 12.1 Å². The van der Waals surface area contributed by atoms with Gasteiger partial charge in [-0.25, -0.2) is 4.39 Å². The Morgan fingerprint density at radius 3 is 3.07 bits per heavy atom. The molecule has 0 aliphatic carbocycles. The molecule has 15 heavy (non-hydrogen) atoms. The predicted octanol–water partition coefficient (Wildman–Crippen LogP) is 1.73. The number of hydrogen-bond acceptors (Lipinski definition) is 3. The minimum atomic E-state index is -0.312. The number of tetrazole rings is 1. The summed E-state index contributed by atoms with van der Waals surface area (Å²) < 4.78 is 15.1. The van der Waals surface area contributed by atoms with Gasteiger partial charge in [0, 0.05) is 5.39 Å². The Morgan fingerprint density at radius 1 is 1.33 bits per heavy atom. The normalized spacial score (nSPS) is 11.3. The van der Waals surface area contributed by atoms with E-state index in [1.54, 1.807) is 6.07 Å². The molecule has 0 amide bonds. The molecule has 5 heteroatoms. The van der Waals surface area contributed by atoms with E-state index in [4.69, 9.17) is 0 Å². The van der Waals surface area contributed by atoms with Crippen LogP contribution in [0.15, 0.2) is 24.3 Å². The molecule has 2 aromatic heterocycles. The number of para-hydroxylation sites is 1. The number of aromatic nitrogens is 4. The Labute approximate surface area is 84.3 Å².